The molecule has 0 bridgehead atoms. The van der Waals surface area contributed by atoms with Crippen molar-refractivity contribution in [2.24, 2.45) is 15.7 Å². The lowest BCUT2D eigenvalue weighted by molar-refractivity contribution is 0.182. The fourth-order valence-electron chi connectivity index (χ4n) is 3.59. The topological polar surface area (TPSA) is 150 Å². The molecule has 13 heteroatoms. The van der Waals surface area contributed by atoms with Crippen LogP contribution in [0.4, 0.5) is 11.5 Å². The molecule has 1 fully saturated rings. The van der Waals surface area contributed by atoms with E-state index in [1.54, 1.807) is 39.5 Å². The first-order chi connectivity index (χ1) is 17.1. The molecular weight excluding hydrogens is 482 g/mol. The Morgan fingerprint density at radius 3 is 2.50 bits per heavy atom. The Morgan fingerprint density at radius 2 is 1.92 bits per heavy atom. The van der Waals surface area contributed by atoms with E-state index in [1.165, 1.54) is 10.6 Å². The molecule has 12 nitrogen and oxygen atoms in total. The fourth-order valence-corrected chi connectivity index (χ4v) is 4.42. The number of nitrogens with two attached hydrogens (primary N) is 1. The van der Waals surface area contributed by atoms with Crippen LogP contribution in [-0.4, -0.2) is 85.9 Å². The normalized spacial score (nSPS) is 16.0. The molecule has 1 aliphatic heterocycles. The number of sulfonamides is 1. The Labute approximate surface area is 212 Å². The number of methoxy groups -OCH3 is 1. The number of hydrogen-bond donors (Lipinski definition) is 3. The monoisotopic (exact) mass is 515 g/mol. The molecule has 0 unspecified atom stereocenters. The molecule has 3 heterocycles. The van der Waals surface area contributed by atoms with Crippen LogP contribution in [0.25, 0.3) is 0 Å². The first-order valence-electron chi connectivity index (χ1n) is 11.3. The molecule has 1 aliphatic rings. The Balaban J connectivity index is 1.87. The maximum absolute atomic E-state index is 11.8. The number of pyridine rings is 2. The Kier molecular flexibility index (Phi) is 8.96. The average molecular weight is 516 g/mol. The number of nitrogens with one attached hydrogen (secondary N) is 2. The minimum Gasteiger partial charge on any atom is -0.481 e. The summed E-state index contributed by atoms with van der Waals surface area (Å²) < 4.78 is 30.2. The standard InChI is InChI=1S/C23H33N9O3S/c1-16(25-3)28-17(2)29-22(24)20-12-18(15-31-8-10-32(11-9-31)36(5,33)34)13-27-23(20)30-19-6-7-21(35-4)26-14-19/h6-7,12-14,25H,1,8-11,15H2,2-5H3,(H,27,30)(H2,24,28,29). The first-order valence-corrected chi connectivity index (χ1v) is 13.1. The van der Waals surface area contributed by atoms with Gasteiger partial charge in [0.05, 0.1) is 30.8 Å². The summed E-state index contributed by atoms with van der Waals surface area (Å²) in [5.74, 6) is 2.14. The van der Waals surface area contributed by atoms with Gasteiger partial charge in [0.15, 0.2) is 0 Å². The highest BCUT2D eigenvalue weighted by atomic mass is 32.2. The second-order valence-electron chi connectivity index (χ2n) is 8.24. The van der Waals surface area contributed by atoms with Gasteiger partial charge in [-0.05, 0) is 24.6 Å². The molecule has 1 saturated heterocycles. The molecule has 3 rings (SSSR count). The van der Waals surface area contributed by atoms with Gasteiger partial charge >= 0.3 is 0 Å². The van der Waals surface area contributed by atoms with Gasteiger partial charge in [0.1, 0.15) is 23.3 Å². The molecule has 194 valence electrons. The van der Waals surface area contributed by atoms with Crippen LogP contribution in [0, 0.1) is 0 Å². The molecule has 2 aromatic heterocycles. The zero-order valence-electron chi connectivity index (χ0n) is 21.0. The smallest absolute Gasteiger partial charge is 0.213 e. The predicted molar refractivity (Wildman–Crippen MR) is 142 cm³/mol. The van der Waals surface area contributed by atoms with Crippen LogP contribution in [0.1, 0.15) is 18.1 Å². The molecule has 0 saturated carbocycles. The largest absolute Gasteiger partial charge is 0.481 e. The number of ether oxygens (including phenoxy) is 1. The van der Waals surface area contributed by atoms with Crippen LogP contribution >= 0.6 is 0 Å². The number of aromatic nitrogens is 2. The van der Waals surface area contributed by atoms with E-state index in [0.717, 1.165) is 5.56 Å². The summed E-state index contributed by atoms with van der Waals surface area (Å²) in [4.78, 5) is 19.7. The predicted octanol–water partition coefficient (Wildman–Crippen LogP) is 1.12. The van der Waals surface area contributed by atoms with Gasteiger partial charge in [-0.2, -0.15) is 4.31 Å². The Bertz CT molecular complexity index is 1240. The minimum atomic E-state index is -3.18. The zero-order chi connectivity index (χ0) is 26.3. The highest BCUT2D eigenvalue weighted by molar-refractivity contribution is 7.88. The number of hydrogen-bond acceptors (Lipinski definition) is 9. The van der Waals surface area contributed by atoms with Gasteiger partial charge in [-0.1, -0.05) is 6.58 Å². The molecule has 0 amide bonds. The minimum absolute atomic E-state index is 0.236. The van der Waals surface area contributed by atoms with Gasteiger partial charge in [0.2, 0.25) is 15.9 Å². The summed E-state index contributed by atoms with van der Waals surface area (Å²) in [5.41, 5.74) is 8.62. The van der Waals surface area contributed by atoms with E-state index >= 15 is 0 Å². The zero-order valence-corrected chi connectivity index (χ0v) is 21.8. The van der Waals surface area contributed by atoms with Gasteiger partial charge in [-0.3, -0.25) is 4.90 Å². The summed E-state index contributed by atoms with van der Waals surface area (Å²) in [6, 6.07) is 5.49. The maximum atomic E-state index is 11.8. The number of piperazine rings is 1. The van der Waals surface area contributed by atoms with Crippen molar-refractivity contribution in [3.8, 4) is 5.88 Å². The molecule has 0 radical (unpaired) electrons. The Morgan fingerprint density at radius 1 is 1.19 bits per heavy atom. The van der Waals surface area contributed by atoms with E-state index in [4.69, 9.17) is 10.5 Å². The number of amidine groups is 2. The second-order valence-corrected chi connectivity index (χ2v) is 10.2. The third-order valence-corrected chi connectivity index (χ3v) is 6.81. The SMILES string of the molecule is C=C(N=C(C)N=C(N)c1cc(CN2CCN(S(C)(=O)=O)CC2)cnc1Nc1ccc(OC)nc1)NC. The summed E-state index contributed by atoms with van der Waals surface area (Å²) in [6.45, 7) is 8.27. The molecular formula is C23H33N9O3S. The number of rotatable bonds is 9. The van der Waals surface area contributed by atoms with Crippen molar-refractivity contribution in [3.05, 3.63) is 54.1 Å². The van der Waals surface area contributed by atoms with Crippen molar-refractivity contribution in [3.63, 3.8) is 0 Å². The van der Waals surface area contributed by atoms with E-state index in [0.29, 0.717) is 67.3 Å². The second kappa shape index (κ2) is 11.9. The van der Waals surface area contributed by atoms with E-state index in [1.807, 2.05) is 12.1 Å². The van der Waals surface area contributed by atoms with E-state index in [-0.39, 0.29) is 5.84 Å². The van der Waals surface area contributed by atoms with E-state index in [9.17, 15) is 8.42 Å². The van der Waals surface area contributed by atoms with Gasteiger partial charge in [-0.15, -0.1) is 0 Å². The average Bonchev–Trinajstić information content (AvgIpc) is 2.85. The van der Waals surface area contributed by atoms with Gasteiger partial charge in [-0.25, -0.2) is 28.4 Å². The van der Waals surface area contributed by atoms with E-state index in [2.05, 4.69) is 42.1 Å². The van der Waals surface area contributed by atoms with Crippen molar-refractivity contribution < 1.29 is 13.2 Å². The van der Waals surface area contributed by atoms with Crippen molar-refractivity contribution in [2.75, 3.05) is 51.9 Å². The molecule has 0 aromatic carbocycles. The molecule has 0 spiro atoms. The van der Waals surface area contributed by atoms with Crippen molar-refractivity contribution in [2.45, 2.75) is 13.5 Å². The quantitative estimate of drug-likeness (QED) is 0.330. The number of anilines is 2. The van der Waals surface area contributed by atoms with Crippen LogP contribution in [0.2, 0.25) is 0 Å². The van der Waals surface area contributed by atoms with Crippen LogP contribution in [-0.2, 0) is 16.6 Å². The van der Waals surface area contributed by atoms with E-state index < -0.39 is 10.0 Å². The summed E-state index contributed by atoms with van der Waals surface area (Å²) in [7, 11) is 0.0933. The Hall–Kier alpha value is -3.55. The summed E-state index contributed by atoms with van der Waals surface area (Å²) >= 11 is 0. The van der Waals surface area contributed by atoms with Crippen LogP contribution < -0.4 is 21.1 Å². The maximum Gasteiger partial charge on any atom is 0.213 e. The van der Waals surface area contributed by atoms with Crippen molar-refractivity contribution >= 4 is 33.2 Å². The molecule has 0 aliphatic carbocycles. The lowest BCUT2D eigenvalue weighted by Gasteiger charge is -2.33. The summed E-state index contributed by atoms with van der Waals surface area (Å²) in [5, 5.41) is 6.09. The molecule has 36 heavy (non-hydrogen) atoms. The van der Waals surface area contributed by atoms with Crippen LogP contribution in [0.5, 0.6) is 5.88 Å². The van der Waals surface area contributed by atoms with Gasteiger partial charge in [0.25, 0.3) is 0 Å². The highest BCUT2D eigenvalue weighted by Gasteiger charge is 2.23. The number of aliphatic imine (C=N–C) groups is 2. The lowest BCUT2D eigenvalue weighted by atomic mass is 10.1. The number of nitrogens with zero attached hydrogens (tertiary/aromatic N) is 6. The molecule has 0 atom stereocenters. The molecule has 4 N–H and O–H groups in total. The molecule has 2 aromatic rings. The lowest BCUT2D eigenvalue weighted by Crippen LogP contribution is -2.47. The summed E-state index contributed by atoms with van der Waals surface area (Å²) in [6.07, 6.45) is 4.64. The van der Waals surface area contributed by atoms with Crippen molar-refractivity contribution in [1.29, 1.82) is 0 Å². The third-order valence-electron chi connectivity index (χ3n) is 5.50. The first kappa shape index (κ1) is 27.0. The fraction of sp³-hybridized carbons (Fsp3) is 0.391. The highest BCUT2D eigenvalue weighted by Crippen LogP contribution is 2.22. The van der Waals surface area contributed by atoms with Gasteiger partial charge in [0, 0.05) is 52.0 Å². The van der Waals surface area contributed by atoms with Crippen LogP contribution in [0.15, 0.2) is 53.0 Å². The van der Waals surface area contributed by atoms with Crippen molar-refractivity contribution in [1.82, 2.24) is 24.5 Å². The van der Waals surface area contributed by atoms with Gasteiger partial charge < -0.3 is 21.1 Å². The third kappa shape index (κ3) is 7.47. The van der Waals surface area contributed by atoms with Crippen LogP contribution in [0.3, 0.4) is 0 Å².